The summed E-state index contributed by atoms with van der Waals surface area (Å²) in [6, 6.07) is 7.45. The summed E-state index contributed by atoms with van der Waals surface area (Å²) in [5.41, 5.74) is 2.42. The standard InChI is InChI=1S/C24H27ClN4O3S2/c1-4-29-21(15-7-6-8-16(25)12-15)27-28-24(29)33-13-19(30)26-22-20(23(31)32-5-2)17-10-9-14(3)11-18(17)34-22/h6-8,12,14H,4-5,9-11,13H2,1-3H3,(H,26,30). The highest BCUT2D eigenvalue weighted by atomic mass is 35.5. The zero-order valence-corrected chi connectivity index (χ0v) is 21.8. The number of ether oxygens (including phenoxy) is 1. The minimum atomic E-state index is -0.366. The van der Waals surface area contributed by atoms with E-state index in [1.807, 2.05) is 35.8 Å². The van der Waals surface area contributed by atoms with Gasteiger partial charge in [-0.1, -0.05) is 42.4 Å². The molecule has 3 aromatic rings. The molecule has 0 fully saturated rings. The molecule has 1 aliphatic carbocycles. The Morgan fingerprint density at radius 2 is 2.15 bits per heavy atom. The predicted molar refractivity (Wildman–Crippen MR) is 137 cm³/mol. The van der Waals surface area contributed by atoms with Crippen molar-refractivity contribution in [3.63, 3.8) is 0 Å². The Morgan fingerprint density at radius 1 is 1.32 bits per heavy atom. The van der Waals surface area contributed by atoms with Crippen LogP contribution in [0.5, 0.6) is 0 Å². The molecule has 0 saturated heterocycles. The fourth-order valence-corrected chi connectivity index (χ4v) is 6.48. The predicted octanol–water partition coefficient (Wildman–Crippen LogP) is 5.71. The van der Waals surface area contributed by atoms with E-state index in [2.05, 4.69) is 22.4 Å². The van der Waals surface area contributed by atoms with Gasteiger partial charge in [-0.2, -0.15) is 0 Å². The summed E-state index contributed by atoms with van der Waals surface area (Å²) < 4.78 is 7.25. The van der Waals surface area contributed by atoms with Crippen LogP contribution in [0.3, 0.4) is 0 Å². The molecular formula is C24H27ClN4O3S2. The number of thioether (sulfide) groups is 1. The van der Waals surface area contributed by atoms with E-state index in [9.17, 15) is 9.59 Å². The van der Waals surface area contributed by atoms with Gasteiger partial charge in [0.05, 0.1) is 17.9 Å². The topological polar surface area (TPSA) is 86.1 Å². The third-order valence-electron chi connectivity index (χ3n) is 5.69. The van der Waals surface area contributed by atoms with E-state index in [0.717, 1.165) is 30.4 Å². The van der Waals surface area contributed by atoms with Crippen LogP contribution in [0, 0.1) is 5.92 Å². The number of nitrogens with one attached hydrogen (secondary N) is 1. The molecule has 1 amide bonds. The number of rotatable bonds is 8. The number of hydrogen-bond donors (Lipinski definition) is 1. The maximum atomic E-state index is 12.9. The SMILES string of the molecule is CCOC(=O)c1c(NC(=O)CSc2nnc(-c3cccc(Cl)c3)n2CC)sc2c1CCC(C)C2. The van der Waals surface area contributed by atoms with Gasteiger partial charge in [0.2, 0.25) is 5.91 Å². The van der Waals surface area contributed by atoms with Crippen LogP contribution < -0.4 is 5.32 Å². The number of thiophene rings is 1. The average molecular weight is 519 g/mol. The number of hydrogen-bond acceptors (Lipinski definition) is 7. The Labute approximate surface area is 212 Å². The van der Waals surface area contributed by atoms with Crippen LogP contribution in [-0.2, 0) is 28.9 Å². The molecule has 1 N–H and O–H groups in total. The van der Waals surface area contributed by atoms with Crippen molar-refractivity contribution in [3.05, 3.63) is 45.3 Å². The summed E-state index contributed by atoms with van der Waals surface area (Å²) in [7, 11) is 0. The van der Waals surface area contributed by atoms with Crippen molar-refractivity contribution in [2.24, 2.45) is 5.92 Å². The van der Waals surface area contributed by atoms with E-state index < -0.39 is 0 Å². The highest BCUT2D eigenvalue weighted by Crippen LogP contribution is 2.40. The molecule has 1 aliphatic rings. The highest BCUT2D eigenvalue weighted by molar-refractivity contribution is 7.99. The lowest BCUT2D eigenvalue weighted by Crippen LogP contribution is -2.18. The quantitative estimate of drug-likeness (QED) is 0.303. The van der Waals surface area contributed by atoms with Gasteiger partial charge in [0, 0.05) is 22.0 Å². The van der Waals surface area contributed by atoms with Crippen LogP contribution in [0.25, 0.3) is 11.4 Å². The summed E-state index contributed by atoms with van der Waals surface area (Å²) in [5, 5.41) is 13.4. The molecule has 7 nitrogen and oxygen atoms in total. The number of fused-ring (bicyclic) bond motifs is 1. The molecule has 34 heavy (non-hydrogen) atoms. The first-order valence-electron chi connectivity index (χ1n) is 11.3. The molecule has 0 bridgehead atoms. The van der Waals surface area contributed by atoms with Gasteiger partial charge in [-0.3, -0.25) is 4.79 Å². The number of nitrogens with zero attached hydrogens (tertiary/aromatic N) is 3. The number of anilines is 1. The minimum Gasteiger partial charge on any atom is -0.462 e. The largest absolute Gasteiger partial charge is 0.462 e. The third kappa shape index (κ3) is 5.31. The van der Waals surface area contributed by atoms with Crippen LogP contribution in [0.4, 0.5) is 5.00 Å². The molecule has 1 unspecified atom stereocenters. The second-order valence-electron chi connectivity index (χ2n) is 8.17. The van der Waals surface area contributed by atoms with Crippen LogP contribution in [0.1, 0.15) is 48.0 Å². The summed E-state index contributed by atoms with van der Waals surface area (Å²) in [6.45, 7) is 6.95. The van der Waals surface area contributed by atoms with E-state index in [-0.39, 0.29) is 17.6 Å². The Kier molecular flexibility index (Phi) is 7.95. The smallest absolute Gasteiger partial charge is 0.341 e. The monoisotopic (exact) mass is 518 g/mol. The van der Waals surface area contributed by atoms with Crippen molar-refractivity contribution in [2.75, 3.05) is 17.7 Å². The first-order chi connectivity index (χ1) is 16.4. The molecule has 2 aromatic heterocycles. The lowest BCUT2D eigenvalue weighted by molar-refractivity contribution is -0.113. The van der Waals surface area contributed by atoms with Gasteiger partial charge in [0.1, 0.15) is 5.00 Å². The first-order valence-corrected chi connectivity index (χ1v) is 13.5. The van der Waals surface area contributed by atoms with Crippen molar-refractivity contribution in [2.45, 2.75) is 51.7 Å². The molecule has 10 heteroatoms. The van der Waals surface area contributed by atoms with E-state index in [1.54, 1.807) is 6.92 Å². The molecule has 0 spiro atoms. The average Bonchev–Trinajstić information content (AvgIpc) is 3.38. The van der Waals surface area contributed by atoms with Crippen LogP contribution >= 0.6 is 34.7 Å². The zero-order chi connectivity index (χ0) is 24.2. The molecule has 180 valence electrons. The first kappa shape index (κ1) is 24.8. The van der Waals surface area contributed by atoms with Crippen LogP contribution in [0.2, 0.25) is 5.02 Å². The number of benzene rings is 1. The molecule has 0 radical (unpaired) electrons. The summed E-state index contributed by atoms with van der Waals surface area (Å²) in [6.07, 6.45) is 2.78. The van der Waals surface area contributed by atoms with E-state index in [4.69, 9.17) is 16.3 Å². The van der Waals surface area contributed by atoms with Gasteiger partial charge in [-0.05, 0) is 56.7 Å². The van der Waals surface area contributed by atoms with E-state index in [1.165, 1.54) is 28.0 Å². The van der Waals surface area contributed by atoms with Crippen molar-refractivity contribution < 1.29 is 14.3 Å². The Balaban J connectivity index is 1.49. The lowest BCUT2D eigenvalue weighted by Gasteiger charge is -2.18. The molecular weight excluding hydrogens is 492 g/mol. The third-order valence-corrected chi connectivity index (χ3v) is 8.06. The second kappa shape index (κ2) is 10.9. The molecule has 1 aromatic carbocycles. The molecule has 4 rings (SSSR count). The van der Waals surface area contributed by atoms with Gasteiger partial charge in [0.15, 0.2) is 11.0 Å². The number of amides is 1. The van der Waals surface area contributed by atoms with Crippen molar-refractivity contribution in [3.8, 4) is 11.4 Å². The van der Waals surface area contributed by atoms with Crippen LogP contribution in [0.15, 0.2) is 29.4 Å². The molecule has 0 aliphatic heterocycles. The Bertz CT molecular complexity index is 1210. The maximum absolute atomic E-state index is 12.9. The number of esters is 1. The number of carbonyl (C=O) groups excluding carboxylic acids is 2. The van der Waals surface area contributed by atoms with Gasteiger partial charge in [-0.15, -0.1) is 21.5 Å². The Hall–Kier alpha value is -2.36. The molecule has 1 atom stereocenters. The lowest BCUT2D eigenvalue weighted by atomic mass is 9.88. The highest BCUT2D eigenvalue weighted by Gasteiger charge is 2.29. The van der Waals surface area contributed by atoms with E-state index in [0.29, 0.717) is 45.6 Å². The van der Waals surface area contributed by atoms with Crippen molar-refractivity contribution >= 4 is 51.6 Å². The van der Waals surface area contributed by atoms with Gasteiger partial charge >= 0.3 is 5.97 Å². The van der Waals surface area contributed by atoms with Gasteiger partial charge in [0.25, 0.3) is 0 Å². The van der Waals surface area contributed by atoms with Gasteiger partial charge in [-0.25, -0.2) is 4.79 Å². The van der Waals surface area contributed by atoms with Crippen LogP contribution in [-0.4, -0.2) is 39.0 Å². The number of halogens is 1. The second-order valence-corrected chi connectivity index (χ2v) is 10.7. The number of carbonyl (C=O) groups is 2. The molecule has 2 heterocycles. The van der Waals surface area contributed by atoms with Crippen molar-refractivity contribution in [1.82, 2.24) is 14.8 Å². The maximum Gasteiger partial charge on any atom is 0.341 e. The summed E-state index contributed by atoms with van der Waals surface area (Å²) in [5.74, 6) is 0.855. The van der Waals surface area contributed by atoms with Gasteiger partial charge < -0.3 is 14.6 Å². The Morgan fingerprint density at radius 3 is 2.88 bits per heavy atom. The van der Waals surface area contributed by atoms with Crippen molar-refractivity contribution in [1.29, 1.82) is 0 Å². The van der Waals surface area contributed by atoms with E-state index >= 15 is 0 Å². The fraction of sp³-hybridized carbons (Fsp3) is 0.417. The molecule has 0 saturated carbocycles. The number of aromatic nitrogens is 3. The summed E-state index contributed by atoms with van der Waals surface area (Å²) >= 11 is 8.93. The fourth-order valence-electron chi connectivity index (χ4n) is 4.07. The minimum absolute atomic E-state index is 0.148. The zero-order valence-electron chi connectivity index (χ0n) is 19.4. The normalized spacial score (nSPS) is 15.1. The summed E-state index contributed by atoms with van der Waals surface area (Å²) in [4.78, 5) is 26.7.